The molecule has 0 amide bonds. The average molecular weight is 542 g/mol. The summed E-state index contributed by atoms with van der Waals surface area (Å²) in [6.45, 7) is 19.9. The highest BCUT2D eigenvalue weighted by Gasteiger charge is 2.15. The fourth-order valence-electron chi connectivity index (χ4n) is 4.97. The van der Waals surface area contributed by atoms with Gasteiger partial charge in [-0.25, -0.2) is 0 Å². The lowest BCUT2D eigenvalue weighted by Gasteiger charge is -2.23. The van der Waals surface area contributed by atoms with Gasteiger partial charge in [0.05, 0.1) is 0 Å². The first kappa shape index (κ1) is 37.2. The van der Waals surface area contributed by atoms with Crippen LogP contribution < -0.4 is 15.4 Å². The molecule has 3 N–H and O–H groups in total. The fraction of sp³-hybridized carbons (Fsp3) is 1.00. The van der Waals surface area contributed by atoms with Crippen LogP contribution in [0.5, 0.6) is 0 Å². The van der Waals surface area contributed by atoms with E-state index in [0.29, 0.717) is 5.41 Å². The fourth-order valence-corrected chi connectivity index (χ4v) is 5.75. The van der Waals surface area contributed by atoms with Crippen molar-refractivity contribution in [2.24, 2.45) is 17.3 Å². The minimum absolute atomic E-state index is 0.486. The van der Waals surface area contributed by atoms with Crippen molar-refractivity contribution in [1.29, 1.82) is 0 Å². The van der Waals surface area contributed by atoms with E-state index in [9.17, 15) is 0 Å². The molecule has 0 saturated carbocycles. The summed E-state index contributed by atoms with van der Waals surface area (Å²) in [6.07, 6.45) is 25.0. The van der Waals surface area contributed by atoms with Gasteiger partial charge in [0.2, 0.25) is 0 Å². The molecule has 0 fully saturated rings. The van der Waals surface area contributed by atoms with Crippen LogP contribution in [0.25, 0.3) is 0 Å². The Morgan fingerprint density at radius 1 is 0.622 bits per heavy atom. The Kier molecular flexibility index (Phi) is 28.0. The molecule has 0 saturated heterocycles. The zero-order chi connectivity index (χ0) is 27.5. The molecule has 3 nitrogen and oxygen atoms in total. The Hall–Kier alpha value is 0.230. The molecule has 2 unspecified atom stereocenters. The Morgan fingerprint density at radius 2 is 1.16 bits per heavy atom. The molecule has 0 heterocycles. The molecule has 0 aromatic carbocycles. The van der Waals surface area contributed by atoms with E-state index in [-0.39, 0.29) is 0 Å². The number of unbranched alkanes of at least 4 members (excludes halogenated alkanes) is 9. The van der Waals surface area contributed by atoms with Crippen molar-refractivity contribution in [3.63, 3.8) is 0 Å². The van der Waals surface area contributed by atoms with Crippen LogP contribution in [-0.4, -0.2) is 38.5 Å². The van der Waals surface area contributed by atoms with Gasteiger partial charge in [0.15, 0.2) is 0 Å². The SMILES string of the molecule is CCCCCCC(CCCCCCCCCSNCCCNCCCNCCC(C)(C)CC)C(C)CC. The Balaban J connectivity index is 3.33. The van der Waals surface area contributed by atoms with Gasteiger partial charge in [0.25, 0.3) is 0 Å². The smallest absolute Gasteiger partial charge is 0.00786 e. The summed E-state index contributed by atoms with van der Waals surface area (Å²) in [5.74, 6) is 3.17. The van der Waals surface area contributed by atoms with E-state index in [0.717, 1.165) is 44.6 Å². The first-order valence-corrected chi connectivity index (χ1v) is 17.7. The van der Waals surface area contributed by atoms with Gasteiger partial charge in [-0.05, 0) is 69.1 Å². The van der Waals surface area contributed by atoms with Crippen molar-refractivity contribution in [3.05, 3.63) is 0 Å². The van der Waals surface area contributed by atoms with E-state index < -0.39 is 0 Å². The number of rotatable bonds is 30. The molecule has 0 aliphatic carbocycles. The highest BCUT2D eigenvalue weighted by molar-refractivity contribution is 7.97. The molecule has 4 heteroatoms. The molecule has 0 aliphatic heterocycles. The maximum Gasteiger partial charge on any atom is 0.00786 e. The number of hydrogen-bond donors (Lipinski definition) is 3. The molecular formula is C33H71N3S. The van der Waals surface area contributed by atoms with Gasteiger partial charge in [-0.15, -0.1) is 0 Å². The minimum atomic E-state index is 0.486. The Labute approximate surface area is 239 Å². The molecule has 0 spiro atoms. The average Bonchev–Trinajstić information content (AvgIpc) is 2.90. The highest BCUT2D eigenvalue weighted by Crippen LogP contribution is 2.27. The lowest BCUT2D eigenvalue weighted by molar-refractivity contribution is 0.288. The number of nitrogens with one attached hydrogen (secondary N) is 3. The lowest BCUT2D eigenvalue weighted by Crippen LogP contribution is -2.26. The second-order valence-electron chi connectivity index (χ2n) is 12.5. The molecule has 2 atom stereocenters. The van der Waals surface area contributed by atoms with Gasteiger partial charge < -0.3 is 10.6 Å². The monoisotopic (exact) mass is 542 g/mol. The summed E-state index contributed by atoms with van der Waals surface area (Å²) < 4.78 is 3.55. The predicted molar refractivity (Wildman–Crippen MR) is 173 cm³/mol. The maximum absolute atomic E-state index is 3.59. The van der Waals surface area contributed by atoms with E-state index >= 15 is 0 Å². The van der Waals surface area contributed by atoms with Crippen molar-refractivity contribution in [3.8, 4) is 0 Å². The van der Waals surface area contributed by atoms with Crippen LogP contribution >= 0.6 is 11.9 Å². The highest BCUT2D eigenvalue weighted by atomic mass is 32.2. The van der Waals surface area contributed by atoms with E-state index in [1.54, 1.807) is 0 Å². The van der Waals surface area contributed by atoms with Crippen LogP contribution in [-0.2, 0) is 0 Å². The van der Waals surface area contributed by atoms with Gasteiger partial charge in [-0.2, -0.15) is 0 Å². The van der Waals surface area contributed by atoms with Crippen LogP contribution in [0.1, 0.15) is 157 Å². The summed E-state index contributed by atoms with van der Waals surface area (Å²) in [5, 5.41) is 7.17. The summed E-state index contributed by atoms with van der Waals surface area (Å²) in [6, 6.07) is 0. The topological polar surface area (TPSA) is 36.1 Å². The molecule has 0 aromatic rings. The molecule has 0 bridgehead atoms. The first-order chi connectivity index (χ1) is 18.0. The van der Waals surface area contributed by atoms with Gasteiger partial charge in [-0.3, -0.25) is 4.72 Å². The van der Waals surface area contributed by atoms with Gasteiger partial charge >= 0.3 is 0 Å². The predicted octanol–water partition coefficient (Wildman–Crippen LogP) is 9.76. The van der Waals surface area contributed by atoms with E-state index in [1.807, 2.05) is 11.9 Å². The van der Waals surface area contributed by atoms with Crippen molar-refractivity contribution in [1.82, 2.24) is 15.4 Å². The third kappa shape index (κ3) is 26.2. The van der Waals surface area contributed by atoms with Crippen molar-refractivity contribution in [2.75, 3.05) is 38.5 Å². The van der Waals surface area contributed by atoms with Crippen LogP contribution in [0, 0.1) is 17.3 Å². The molecule has 0 aliphatic rings. The standard InChI is InChI=1S/C33H71N3S/c1-7-10-11-17-22-32(31(4)8-2)23-18-15-13-12-14-16-19-30-37-36-28-21-27-34-25-20-26-35-29-24-33(5,6)9-3/h31-32,34-36H,7-30H2,1-6H3. The van der Waals surface area contributed by atoms with Gasteiger partial charge in [0.1, 0.15) is 0 Å². The molecule has 0 aromatic heterocycles. The summed E-state index contributed by atoms with van der Waals surface area (Å²) in [5.41, 5.74) is 0.486. The second-order valence-corrected chi connectivity index (χ2v) is 13.5. The van der Waals surface area contributed by atoms with Crippen LogP contribution in [0.4, 0.5) is 0 Å². The first-order valence-electron chi connectivity index (χ1n) is 16.7. The molecule has 37 heavy (non-hydrogen) atoms. The Bertz CT molecular complexity index is 443. The molecule has 0 rings (SSSR count). The molecular weight excluding hydrogens is 470 g/mol. The van der Waals surface area contributed by atoms with E-state index in [2.05, 4.69) is 56.9 Å². The van der Waals surface area contributed by atoms with E-state index in [4.69, 9.17) is 0 Å². The summed E-state index contributed by atoms with van der Waals surface area (Å²) in [7, 11) is 0. The van der Waals surface area contributed by atoms with Crippen molar-refractivity contribution in [2.45, 2.75) is 157 Å². The third-order valence-electron chi connectivity index (χ3n) is 8.58. The van der Waals surface area contributed by atoms with Crippen LogP contribution in [0.15, 0.2) is 0 Å². The Morgan fingerprint density at radius 3 is 1.76 bits per heavy atom. The lowest BCUT2D eigenvalue weighted by atomic mass is 9.83. The zero-order valence-corrected chi connectivity index (χ0v) is 27.4. The molecule has 0 radical (unpaired) electrons. The maximum atomic E-state index is 3.59. The van der Waals surface area contributed by atoms with Crippen molar-refractivity contribution < 1.29 is 0 Å². The van der Waals surface area contributed by atoms with Gasteiger partial charge in [-0.1, -0.05) is 143 Å². The molecule has 224 valence electrons. The third-order valence-corrected chi connectivity index (χ3v) is 9.48. The summed E-state index contributed by atoms with van der Waals surface area (Å²) >= 11 is 1.94. The van der Waals surface area contributed by atoms with Gasteiger partial charge in [0, 0.05) is 12.3 Å². The summed E-state index contributed by atoms with van der Waals surface area (Å²) in [4.78, 5) is 0. The van der Waals surface area contributed by atoms with Crippen LogP contribution in [0.2, 0.25) is 0 Å². The zero-order valence-electron chi connectivity index (χ0n) is 26.5. The van der Waals surface area contributed by atoms with Crippen molar-refractivity contribution >= 4 is 11.9 Å². The quantitative estimate of drug-likeness (QED) is 0.0624. The number of hydrogen-bond acceptors (Lipinski definition) is 4. The largest absolute Gasteiger partial charge is 0.317 e. The second kappa shape index (κ2) is 27.8. The minimum Gasteiger partial charge on any atom is -0.317 e. The van der Waals surface area contributed by atoms with E-state index in [1.165, 1.54) is 121 Å². The van der Waals surface area contributed by atoms with Crippen LogP contribution in [0.3, 0.4) is 0 Å². The normalized spacial score (nSPS) is 13.8.